The van der Waals surface area contributed by atoms with Crippen LogP contribution in [0, 0.1) is 16.7 Å². The number of carbonyl (C=O) groups is 1. The summed E-state index contributed by atoms with van der Waals surface area (Å²) >= 11 is 0. The zero-order valence-electron chi connectivity index (χ0n) is 27.2. The van der Waals surface area contributed by atoms with E-state index in [0.717, 1.165) is 82.9 Å². The van der Waals surface area contributed by atoms with Gasteiger partial charge in [0.05, 0.1) is 54.1 Å². The van der Waals surface area contributed by atoms with Crippen LogP contribution in [0.5, 0.6) is 11.6 Å². The molecule has 2 atom stereocenters. The Morgan fingerprint density at radius 2 is 1.92 bits per heavy atom. The number of piperidine rings is 3. The number of methoxy groups -OCH3 is 1. The predicted molar refractivity (Wildman–Crippen MR) is 178 cm³/mol. The zero-order chi connectivity index (χ0) is 32.7. The second-order valence-electron chi connectivity index (χ2n) is 13.5. The Labute approximate surface area is 279 Å². The monoisotopic (exact) mass is 648 g/mol. The summed E-state index contributed by atoms with van der Waals surface area (Å²) in [6, 6.07) is 9.11. The molecule has 4 aromatic rings. The molecule has 48 heavy (non-hydrogen) atoms. The Kier molecular flexibility index (Phi) is 8.06. The normalized spacial score (nSPS) is 22.2. The molecule has 5 aliphatic rings. The summed E-state index contributed by atoms with van der Waals surface area (Å²) in [6.07, 6.45) is 13.9. The van der Waals surface area contributed by atoms with E-state index in [1.54, 1.807) is 24.0 Å². The van der Waals surface area contributed by atoms with Crippen molar-refractivity contribution in [3.05, 3.63) is 60.3 Å². The van der Waals surface area contributed by atoms with Gasteiger partial charge >= 0.3 is 0 Å². The summed E-state index contributed by atoms with van der Waals surface area (Å²) in [5.74, 6) is 2.37. The lowest BCUT2D eigenvalue weighted by molar-refractivity contribution is -0.136. The first-order valence-electron chi connectivity index (χ1n) is 16.9. The number of rotatable bonds is 9. The smallest absolute Gasteiger partial charge is 0.226 e. The lowest BCUT2D eigenvalue weighted by atomic mass is 9.72. The average Bonchev–Trinajstić information content (AvgIpc) is 3.56. The van der Waals surface area contributed by atoms with E-state index in [-0.39, 0.29) is 11.3 Å². The number of hydrogen-bond acceptors (Lipinski definition) is 11. The Morgan fingerprint density at radius 1 is 1.06 bits per heavy atom. The van der Waals surface area contributed by atoms with Gasteiger partial charge in [-0.05, 0) is 56.8 Å². The van der Waals surface area contributed by atoms with Crippen molar-refractivity contribution in [3.63, 3.8) is 0 Å². The molecular formula is C35H40N10O3. The second-order valence-corrected chi connectivity index (χ2v) is 13.5. The maximum atomic E-state index is 12.6. The number of piperazine rings is 1. The average molecular weight is 649 g/mol. The summed E-state index contributed by atoms with van der Waals surface area (Å²) in [5.41, 5.74) is 3.57. The van der Waals surface area contributed by atoms with Crippen molar-refractivity contribution < 1.29 is 14.3 Å². The van der Waals surface area contributed by atoms with Crippen molar-refractivity contribution in [2.75, 3.05) is 57.9 Å². The van der Waals surface area contributed by atoms with E-state index in [1.165, 1.54) is 12.0 Å². The lowest BCUT2D eigenvalue weighted by Crippen LogP contribution is -2.68. The van der Waals surface area contributed by atoms with Gasteiger partial charge in [-0.3, -0.25) is 19.6 Å². The summed E-state index contributed by atoms with van der Waals surface area (Å²) in [4.78, 5) is 33.8. The number of likely N-dealkylation sites (tertiary alicyclic amines) is 1. The number of ether oxygens (including phenoxy) is 2. The molecule has 9 heterocycles. The number of amides is 1. The van der Waals surface area contributed by atoms with Crippen LogP contribution in [0.4, 0.5) is 5.82 Å². The standard InChI is InChI=1S/C35H40N10O3/c1-47-32-4-3-24(16-40-32)20-44-26-13-27(44)22-43(21-26)31-19-38-30(18-39-31)29-14-28(23-45-33(29)25(15-36)17-41-45)48-12-11-42-9-6-35(7-10-42)5-2-8-37-34(35)46/h3-4,14,16-19,23,26-27H,2,5-13,20-22H2,1H3,(H,37,46). The van der Waals surface area contributed by atoms with E-state index >= 15 is 0 Å². The molecule has 1 N–H and O–H groups in total. The Balaban J connectivity index is 0.920. The van der Waals surface area contributed by atoms with Crippen molar-refractivity contribution in [2.24, 2.45) is 5.41 Å². The largest absolute Gasteiger partial charge is 0.491 e. The highest BCUT2D eigenvalue weighted by molar-refractivity contribution is 5.84. The molecule has 5 fully saturated rings. The maximum absolute atomic E-state index is 12.6. The highest BCUT2D eigenvalue weighted by atomic mass is 16.5. The van der Waals surface area contributed by atoms with Gasteiger partial charge in [-0.15, -0.1) is 0 Å². The predicted octanol–water partition coefficient (Wildman–Crippen LogP) is 2.90. The number of anilines is 1. The molecule has 4 aromatic heterocycles. The number of aromatic nitrogens is 5. The minimum Gasteiger partial charge on any atom is -0.491 e. The van der Waals surface area contributed by atoms with Crippen LogP contribution in [-0.2, 0) is 11.3 Å². The number of nitrogens with zero attached hydrogens (tertiary/aromatic N) is 9. The molecule has 13 heteroatoms. The minimum atomic E-state index is -0.185. The molecule has 5 saturated heterocycles. The van der Waals surface area contributed by atoms with E-state index in [2.05, 4.69) is 42.2 Å². The summed E-state index contributed by atoms with van der Waals surface area (Å²) < 4.78 is 13.1. The van der Waals surface area contributed by atoms with Crippen LogP contribution in [-0.4, -0.2) is 105 Å². The van der Waals surface area contributed by atoms with Crippen LogP contribution in [0.1, 0.15) is 43.2 Å². The zero-order valence-corrected chi connectivity index (χ0v) is 27.2. The molecule has 0 aliphatic carbocycles. The molecule has 5 aliphatic heterocycles. The van der Waals surface area contributed by atoms with Crippen molar-refractivity contribution in [1.29, 1.82) is 5.26 Å². The van der Waals surface area contributed by atoms with Crippen LogP contribution >= 0.6 is 0 Å². The van der Waals surface area contributed by atoms with Crippen molar-refractivity contribution in [3.8, 4) is 29.0 Å². The highest BCUT2D eigenvalue weighted by Crippen LogP contribution is 2.39. The molecule has 0 radical (unpaired) electrons. The van der Waals surface area contributed by atoms with Crippen molar-refractivity contribution in [1.82, 2.24) is 39.7 Å². The number of nitrogens with one attached hydrogen (secondary N) is 1. The molecule has 248 valence electrons. The van der Waals surface area contributed by atoms with Gasteiger partial charge in [0.25, 0.3) is 0 Å². The van der Waals surface area contributed by atoms with Crippen LogP contribution in [0.25, 0.3) is 16.8 Å². The Hall–Kier alpha value is -4.80. The first-order valence-corrected chi connectivity index (χ1v) is 16.9. The summed E-state index contributed by atoms with van der Waals surface area (Å²) in [7, 11) is 1.63. The van der Waals surface area contributed by atoms with Crippen LogP contribution in [0.15, 0.2) is 49.2 Å². The quantitative estimate of drug-likeness (QED) is 0.287. The molecular weight excluding hydrogens is 608 g/mol. The van der Waals surface area contributed by atoms with Gasteiger partial charge in [0.2, 0.25) is 11.8 Å². The van der Waals surface area contributed by atoms with Crippen LogP contribution in [0.2, 0.25) is 0 Å². The lowest BCUT2D eigenvalue weighted by Gasteiger charge is -2.56. The van der Waals surface area contributed by atoms with Crippen molar-refractivity contribution in [2.45, 2.75) is 50.7 Å². The number of hydrogen-bond donors (Lipinski definition) is 1. The minimum absolute atomic E-state index is 0.185. The number of pyridine rings is 2. The fraction of sp³-hybridized carbons (Fsp3) is 0.486. The summed E-state index contributed by atoms with van der Waals surface area (Å²) in [6.45, 7) is 6.54. The topological polar surface area (TPSA) is 137 Å². The van der Waals surface area contributed by atoms with E-state index in [1.807, 2.05) is 30.7 Å². The Bertz CT molecular complexity index is 1820. The Morgan fingerprint density at radius 3 is 2.62 bits per heavy atom. The molecule has 0 aromatic carbocycles. The summed E-state index contributed by atoms with van der Waals surface area (Å²) in [5, 5.41) is 17.3. The van der Waals surface area contributed by atoms with Gasteiger partial charge in [0, 0.05) is 62.6 Å². The first-order chi connectivity index (χ1) is 23.5. The van der Waals surface area contributed by atoms with Gasteiger partial charge in [-0.1, -0.05) is 6.07 Å². The van der Waals surface area contributed by atoms with Crippen molar-refractivity contribution >= 4 is 17.2 Å². The third kappa shape index (κ3) is 5.69. The van der Waals surface area contributed by atoms with Crippen LogP contribution in [0.3, 0.4) is 0 Å². The van der Waals surface area contributed by atoms with Gasteiger partial charge in [-0.25, -0.2) is 14.5 Å². The van der Waals surface area contributed by atoms with E-state index < -0.39 is 0 Å². The van der Waals surface area contributed by atoms with Gasteiger partial charge in [-0.2, -0.15) is 10.4 Å². The molecule has 1 amide bonds. The molecule has 13 nitrogen and oxygen atoms in total. The molecule has 2 unspecified atom stereocenters. The fourth-order valence-electron chi connectivity index (χ4n) is 7.95. The van der Waals surface area contributed by atoms with E-state index in [9.17, 15) is 10.1 Å². The van der Waals surface area contributed by atoms with Gasteiger partial charge in [0.15, 0.2) is 0 Å². The number of nitriles is 1. The third-order valence-electron chi connectivity index (χ3n) is 10.8. The van der Waals surface area contributed by atoms with E-state index in [0.29, 0.717) is 47.1 Å². The molecule has 1 spiro atoms. The fourth-order valence-corrected chi connectivity index (χ4v) is 7.95. The van der Waals surface area contributed by atoms with Crippen LogP contribution < -0.4 is 19.7 Å². The molecule has 0 saturated carbocycles. The van der Waals surface area contributed by atoms with Gasteiger partial charge in [0.1, 0.15) is 24.2 Å². The molecule has 2 bridgehead atoms. The number of carbonyl (C=O) groups excluding carboxylic acids is 1. The maximum Gasteiger partial charge on any atom is 0.226 e. The van der Waals surface area contributed by atoms with E-state index in [4.69, 9.17) is 19.4 Å². The number of fused-ring (bicyclic) bond motifs is 3. The highest BCUT2D eigenvalue weighted by Gasteiger charge is 2.45. The first kappa shape index (κ1) is 30.5. The second kappa shape index (κ2) is 12.7. The third-order valence-corrected chi connectivity index (χ3v) is 10.8. The SMILES string of the molecule is COc1ccc(CN2C3CC2CN(c2cnc(-c4cc(OCCN5CCC6(CCCNC6=O)CC5)cn5ncc(C#N)c45)cn2)C3)cn1. The molecule has 9 rings (SSSR count). The van der Waals surface area contributed by atoms with Gasteiger partial charge < -0.3 is 19.7 Å².